The molecular formula is C15H24O2. The lowest BCUT2D eigenvalue weighted by Gasteiger charge is -2.42. The van der Waals surface area contributed by atoms with Crippen molar-refractivity contribution >= 4 is 5.78 Å². The van der Waals surface area contributed by atoms with E-state index in [1.807, 2.05) is 0 Å². The Morgan fingerprint density at radius 3 is 2.53 bits per heavy atom. The molecule has 0 aliphatic heterocycles. The van der Waals surface area contributed by atoms with Gasteiger partial charge >= 0.3 is 0 Å². The van der Waals surface area contributed by atoms with Crippen LogP contribution in [0.2, 0.25) is 0 Å². The number of ketones is 1. The van der Waals surface area contributed by atoms with Crippen LogP contribution in [0, 0.1) is 28.1 Å². The zero-order valence-corrected chi connectivity index (χ0v) is 11.3. The van der Waals surface area contributed by atoms with Gasteiger partial charge in [-0.05, 0) is 49.4 Å². The van der Waals surface area contributed by atoms with Crippen LogP contribution in [0.25, 0.3) is 0 Å². The SMILES string of the molecule is CC1(CO)CC2CC3(C)CCC(C)(C3=O)C2C1. The summed E-state index contributed by atoms with van der Waals surface area (Å²) in [5, 5.41) is 9.57. The molecule has 5 unspecified atom stereocenters. The molecule has 0 amide bonds. The van der Waals surface area contributed by atoms with Gasteiger partial charge in [0.25, 0.3) is 0 Å². The second kappa shape index (κ2) is 3.14. The molecule has 2 nitrogen and oxygen atoms in total. The third-order valence-electron chi connectivity index (χ3n) is 6.21. The molecule has 0 aromatic heterocycles. The van der Waals surface area contributed by atoms with Gasteiger partial charge in [0.05, 0.1) is 0 Å². The van der Waals surface area contributed by atoms with Gasteiger partial charge in [0.2, 0.25) is 0 Å². The second-order valence-corrected chi connectivity index (χ2v) is 7.75. The van der Waals surface area contributed by atoms with E-state index < -0.39 is 0 Å². The fourth-order valence-electron chi connectivity index (χ4n) is 5.22. The van der Waals surface area contributed by atoms with Crippen molar-refractivity contribution in [3.8, 4) is 0 Å². The first-order valence-corrected chi connectivity index (χ1v) is 6.99. The molecule has 3 fully saturated rings. The summed E-state index contributed by atoms with van der Waals surface area (Å²) in [6.45, 7) is 6.84. The van der Waals surface area contributed by atoms with Crippen LogP contribution in [0.5, 0.6) is 0 Å². The van der Waals surface area contributed by atoms with Crippen LogP contribution < -0.4 is 0 Å². The summed E-state index contributed by atoms with van der Waals surface area (Å²) < 4.78 is 0. The first kappa shape index (κ1) is 11.7. The van der Waals surface area contributed by atoms with Gasteiger partial charge in [0.15, 0.2) is 0 Å². The van der Waals surface area contributed by atoms with Gasteiger partial charge in [-0.25, -0.2) is 0 Å². The third-order valence-corrected chi connectivity index (χ3v) is 6.21. The minimum Gasteiger partial charge on any atom is -0.396 e. The molecule has 1 N–H and O–H groups in total. The molecule has 0 aromatic rings. The van der Waals surface area contributed by atoms with Crippen molar-refractivity contribution in [2.45, 2.75) is 52.9 Å². The first-order chi connectivity index (χ1) is 7.83. The predicted molar refractivity (Wildman–Crippen MR) is 66.5 cm³/mol. The van der Waals surface area contributed by atoms with Crippen LogP contribution in [-0.4, -0.2) is 17.5 Å². The average Bonchev–Trinajstić information content (AvgIpc) is 2.69. The summed E-state index contributed by atoms with van der Waals surface area (Å²) in [4.78, 5) is 12.6. The van der Waals surface area contributed by atoms with Crippen molar-refractivity contribution in [3.05, 3.63) is 0 Å². The molecule has 5 atom stereocenters. The highest BCUT2D eigenvalue weighted by Gasteiger charge is 2.64. The fourth-order valence-corrected chi connectivity index (χ4v) is 5.22. The van der Waals surface area contributed by atoms with Crippen LogP contribution in [0.4, 0.5) is 0 Å². The molecule has 0 aromatic carbocycles. The third kappa shape index (κ3) is 1.34. The van der Waals surface area contributed by atoms with Crippen molar-refractivity contribution in [1.29, 1.82) is 0 Å². The lowest BCUT2D eigenvalue weighted by atomic mass is 9.60. The molecule has 0 saturated heterocycles. The van der Waals surface area contributed by atoms with E-state index >= 15 is 0 Å². The standard InChI is InChI=1S/C15H24O2/c1-13(9-16)6-10-7-14(2)4-5-15(3,12(14)17)11(10)8-13/h10-11,16H,4-9H2,1-3H3. The van der Waals surface area contributed by atoms with Crippen LogP contribution in [0.1, 0.15) is 52.9 Å². The minimum atomic E-state index is -0.0788. The van der Waals surface area contributed by atoms with Crippen molar-refractivity contribution in [2.24, 2.45) is 28.1 Å². The zero-order chi connectivity index (χ0) is 12.5. The molecule has 2 heteroatoms. The monoisotopic (exact) mass is 236 g/mol. The Morgan fingerprint density at radius 2 is 1.88 bits per heavy atom. The molecule has 3 saturated carbocycles. The lowest BCUT2D eigenvalue weighted by molar-refractivity contribution is -0.141. The Labute approximate surface area is 104 Å². The summed E-state index contributed by atoms with van der Waals surface area (Å²) in [6, 6.07) is 0. The van der Waals surface area contributed by atoms with Crippen LogP contribution in [-0.2, 0) is 4.79 Å². The van der Waals surface area contributed by atoms with E-state index in [2.05, 4.69) is 20.8 Å². The maximum absolute atomic E-state index is 12.6. The summed E-state index contributed by atoms with van der Waals surface area (Å²) in [5.41, 5.74) is -0.0549. The number of Topliss-reactive ketones (excluding diaryl/α,β-unsaturated/α-hetero) is 1. The molecule has 3 rings (SSSR count). The maximum atomic E-state index is 12.6. The fraction of sp³-hybridized carbons (Fsp3) is 0.933. The van der Waals surface area contributed by atoms with E-state index in [0.29, 0.717) is 17.6 Å². The van der Waals surface area contributed by atoms with Crippen molar-refractivity contribution in [1.82, 2.24) is 0 Å². The summed E-state index contributed by atoms with van der Waals surface area (Å²) in [5.74, 6) is 1.72. The van der Waals surface area contributed by atoms with Gasteiger partial charge in [-0.2, -0.15) is 0 Å². The number of hydrogen-bond donors (Lipinski definition) is 1. The van der Waals surface area contributed by atoms with Gasteiger partial charge in [-0.15, -0.1) is 0 Å². The molecule has 96 valence electrons. The predicted octanol–water partition coefficient (Wildman–Crippen LogP) is 2.79. The number of carbonyl (C=O) groups is 1. The topological polar surface area (TPSA) is 37.3 Å². The average molecular weight is 236 g/mol. The molecule has 0 spiro atoms. The Kier molecular flexibility index (Phi) is 2.16. The van der Waals surface area contributed by atoms with Crippen LogP contribution in [0.15, 0.2) is 0 Å². The van der Waals surface area contributed by atoms with E-state index in [-0.39, 0.29) is 22.9 Å². The van der Waals surface area contributed by atoms with Crippen LogP contribution >= 0.6 is 0 Å². The highest BCUT2D eigenvalue weighted by atomic mass is 16.3. The van der Waals surface area contributed by atoms with E-state index in [4.69, 9.17) is 0 Å². The molecule has 0 heterocycles. The Morgan fingerprint density at radius 1 is 1.18 bits per heavy atom. The van der Waals surface area contributed by atoms with Crippen molar-refractivity contribution < 1.29 is 9.90 Å². The van der Waals surface area contributed by atoms with Gasteiger partial charge < -0.3 is 5.11 Å². The van der Waals surface area contributed by atoms with Gasteiger partial charge in [-0.1, -0.05) is 20.8 Å². The number of aliphatic hydroxyl groups excluding tert-OH is 1. The number of aliphatic hydroxyl groups is 1. The molecule has 3 aliphatic carbocycles. The van der Waals surface area contributed by atoms with Crippen molar-refractivity contribution in [2.75, 3.05) is 6.61 Å². The van der Waals surface area contributed by atoms with Crippen molar-refractivity contribution in [3.63, 3.8) is 0 Å². The van der Waals surface area contributed by atoms with Crippen LogP contribution in [0.3, 0.4) is 0 Å². The largest absolute Gasteiger partial charge is 0.396 e. The lowest BCUT2D eigenvalue weighted by Crippen LogP contribution is -2.45. The van der Waals surface area contributed by atoms with Gasteiger partial charge in [0, 0.05) is 17.4 Å². The molecular weight excluding hydrogens is 212 g/mol. The molecule has 0 radical (unpaired) electrons. The summed E-state index contributed by atoms with van der Waals surface area (Å²) in [7, 11) is 0. The van der Waals surface area contributed by atoms with E-state index in [0.717, 1.165) is 32.1 Å². The van der Waals surface area contributed by atoms with Gasteiger partial charge in [-0.3, -0.25) is 4.79 Å². The number of rotatable bonds is 1. The Balaban J connectivity index is 1.98. The number of carbonyl (C=O) groups excluding carboxylic acids is 1. The maximum Gasteiger partial charge on any atom is 0.144 e. The quantitative estimate of drug-likeness (QED) is 0.760. The minimum absolute atomic E-state index is 0.0450. The highest BCUT2D eigenvalue weighted by molar-refractivity contribution is 5.93. The molecule has 2 bridgehead atoms. The summed E-state index contributed by atoms with van der Waals surface area (Å²) in [6.07, 6.45) is 5.40. The molecule has 3 aliphatic rings. The Hall–Kier alpha value is -0.370. The second-order valence-electron chi connectivity index (χ2n) is 7.75. The van der Waals surface area contributed by atoms with E-state index in [9.17, 15) is 9.90 Å². The van der Waals surface area contributed by atoms with E-state index in [1.165, 1.54) is 0 Å². The zero-order valence-electron chi connectivity index (χ0n) is 11.3. The van der Waals surface area contributed by atoms with Gasteiger partial charge in [0.1, 0.15) is 5.78 Å². The highest BCUT2D eigenvalue weighted by Crippen LogP contribution is 2.66. The number of fused-ring (bicyclic) bond motifs is 4. The normalized spacial score (nSPS) is 57.3. The van der Waals surface area contributed by atoms with E-state index in [1.54, 1.807) is 0 Å². The summed E-state index contributed by atoms with van der Waals surface area (Å²) >= 11 is 0. The first-order valence-electron chi connectivity index (χ1n) is 6.99. The Bertz CT molecular complexity index is 377. The number of hydrogen-bond acceptors (Lipinski definition) is 2. The smallest absolute Gasteiger partial charge is 0.144 e. The molecule has 17 heavy (non-hydrogen) atoms.